The molecule has 1 aromatic rings. The lowest BCUT2D eigenvalue weighted by atomic mass is 10.0. The first-order valence-electron chi connectivity index (χ1n) is 6.70. The minimum atomic E-state index is 0.577. The number of pyridine rings is 1. The standard InChI is InChI=1S/C15H21N3O/c1-3-8-18-9-5-14(6-10-18)17-12-13-4-7-16-15(11-13)19-2/h1,4,7,11,14,17H,5-6,8-10,12H2,2H3. The molecule has 19 heavy (non-hydrogen) atoms. The fraction of sp³-hybridized carbons (Fsp3) is 0.533. The maximum Gasteiger partial charge on any atom is 0.213 e. The van der Waals surface area contributed by atoms with Crippen molar-refractivity contribution in [2.75, 3.05) is 26.7 Å². The summed E-state index contributed by atoms with van der Waals surface area (Å²) in [6, 6.07) is 4.57. The Hall–Kier alpha value is -1.57. The van der Waals surface area contributed by atoms with Gasteiger partial charge in [0, 0.05) is 37.9 Å². The van der Waals surface area contributed by atoms with Gasteiger partial charge in [-0.05, 0) is 24.5 Å². The molecule has 0 aliphatic carbocycles. The lowest BCUT2D eigenvalue weighted by Crippen LogP contribution is -2.42. The quantitative estimate of drug-likeness (QED) is 0.808. The first-order chi connectivity index (χ1) is 9.31. The second kappa shape index (κ2) is 7.13. The third-order valence-corrected chi connectivity index (χ3v) is 3.51. The fourth-order valence-corrected chi connectivity index (χ4v) is 2.36. The second-order valence-electron chi connectivity index (χ2n) is 4.84. The maximum atomic E-state index is 5.33. The van der Waals surface area contributed by atoms with Crippen molar-refractivity contribution in [3.05, 3.63) is 23.9 Å². The molecule has 1 aliphatic heterocycles. The predicted molar refractivity (Wildman–Crippen MR) is 75.9 cm³/mol. The van der Waals surface area contributed by atoms with Gasteiger partial charge in [0.05, 0.1) is 13.7 Å². The van der Waals surface area contributed by atoms with Crippen molar-refractivity contribution < 1.29 is 4.74 Å². The van der Waals surface area contributed by atoms with Gasteiger partial charge in [-0.1, -0.05) is 5.92 Å². The Morgan fingerprint density at radius 2 is 2.32 bits per heavy atom. The Balaban J connectivity index is 1.76. The number of rotatable bonds is 5. The molecule has 1 aliphatic rings. The summed E-state index contributed by atoms with van der Waals surface area (Å²) in [5.41, 5.74) is 1.21. The number of hydrogen-bond donors (Lipinski definition) is 1. The minimum absolute atomic E-state index is 0.577. The van der Waals surface area contributed by atoms with Gasteiger partial charge in [0.1, 0.15) is 0 Å². The van der Waals surface area contributed by atoms with Crippen LogP contribution in [0.15, 0.2) is 18.3 Å². The molecule has 1 N–H and O–H groups in total. The number of methoxy groups -OCH3 is 1. The van der Waals surface area contributed by atoms with E-state index in [4.69, 9.17) is 11.2 Å². The number of hydrogen-bond acceptors (Lipinski definition) is 4. The van der Waals surface area contributed by atoms with E-state index in [2.05, 4.69) is 21.1 Å². The Morgan fingerprint density at radius 3 is 3.00 bits per heavy atom. The van der Waals surface area contributed by atoms with Crippen molar-refractivity contribution in [1.29, 1.82) is 0 Å². The fourth-order valence-electron chi connectivity index (χ4n) is 2.36. The van der Waals surface area contributed by atoms with Crippen LogP contribution in [0.25, 0.3) is 0 Å². The van der Waals surface area contributed by atoms with Crippen molar-refractivity contribution in [3.63, 3.8) is 0 Å². The molecule has 4 heteroatoms. The Morgan fingerprint density at radius 1 is 1.53 bits per heavy atom. The van der Waals surface area contributed by atoms with E-state index in [0.717, 1.165) is 39.0 Å². The number of nitrogens with one attached hydrogen (secondary N) is 1. The Bertz CT molecular complexity index is 433. The molecule has 102 valence electrons. The zero-order valence-electron chi connectivity index (χ0n) is 11.4. The molecular formula is C15H21N3O. The molecule has 2 rings (SSSR count). The molecule has 0 unspecified atom stereocenters. The van der Waals surface area contributed by atoms with E-state index >= 15 is 0 Å². The summed E-state index contributed by atoms with van der Waals surface area (Å²) in [7, 11) is 1.64. The summed E-state index contributed by atoms with van der Waals surface area (Å²) < 4.78 is 5.12. The van der Waals surface area contributed by atoms with Crippen molar-refractivity contribution in [1.82, 2.24) is 15.2 Å². The van der Waals surface area contributed by atoms with Gasteiger partial charge in [0.15, 0.2) is 0 Å². The molecule has 0 radical (unpaired) electrons. The molecule has 0 atom stereocenters. The number of terminal acetylenes is 1. The summed E-state index contributed by atoms with van der Waals surface area (Å²) in [5, 5.41) is 3.59. The van der Waals surface area contributed by atoms with E-state index in [-0.39, 0.29) is 0 Å². The molecular weight excluding hydrogens is 238 g/mol. The highest BCUT2D eigenvalue weighted by molar-refractivity contribution is 5.20. The molecule has 2 heterocycles. The highest BCUT2D eigenvalue weighted by atomic mass is 16.5. The van der Waals surface area contributed by atoms with Gasteiger partial charge >= 0.3 is 0 Å². The zero-order valence-corrected chi connectivity index (χ0v) is 11.4. The van der Waals surface area contributed by atoms with Gasteiger partial charge in [-0.2, -0.15) is 0 Å². The van der Waals surface area contributed by atoms with Gasteiger partial charge in [-0.3, -0.25) is 4.90 Å². The third kappa shape index (κ3) is 4.23. The first-order valence-corrected chi connectivity index (χ1v) is 6.70. The molecule has 4 nitrogen and oxygen atoms in total. The lowest BCUT2D eigenvalue weighted by molar-refractivity contribution is 0.217. The molecule has 0 bridgehead atoms. The predicted octanol–water partition coefficient (Wildman–Crippen LogP) is 1.28. The molecule has 0 amide bonds. The summed E-state index contributed by atoms with van der Waals surface area (Å²) in [6.45, 7) is 3.80. The average Bonchev–Trinajstić information content (AvgIpc) is 2.47. The Labute approximate surface area is 115 Å². The summed E-state index contributed by atoms with van der Waals surface area (Å²) >= 11 is 0. The van der Waals surface area contributed by atoms with Gasteiger partial charge in [-0.25, -0.2) is 4.98 Å². The second-order valence-corrected chi connectivity index (χ2v) is 4.84. The number of nitrogens with zero attached hydrogens (tertiary/aromatic N) is 2. The zero-order chi connectivity index (χ0) is 13.5. The summed E-state index contributed by atoms with van der Waals surface area (Å²) in [6.07, 6.45) is 9.43. The lowest BCUT2D eigenvalue weighted by Gasteiger charge is -2.31. The van der Waals surface area contributed by atoms with Crippen LogP contribution in [0.1, 0.15) is 18.4 Å². The summed E-state index contributed by atoms with van der Waals surface area (Å²) in [4.78, 5) is 6.43. The van der Waals surface area contributed by atoms with Crippen LogP contribution in [-0.4, -0.2) is 42.7 Å². The number of aromatic nitrogens is 1. The van der Waals surface area contributed by atoms with Gasteiger partial charge in [0.25, 0.3) is 0 Å². The molecule has 0 saturated carbocycles. The molecule has 1 saturated heterocycles. The van der Waals surface area contributed by atoms with Crippen LogP contribution in [0.3, 0.4) is 0 Å². The van der Waals surface area contributed by atoms with E-state index in [1.165, 1.54) is 5.56 Å². The van der Waals surface area contributed by atoms with Crippen LogP contribution < -0.4 is 10.1 Å². The molecule has 1 aromatic heterocycles. The van der Waals surface area contributed by atoms with Gasteiger partial charge in [-0.15, -0.1) is 6.42 Å². The van der Waals surface area contributed by atoms with Crippen molar-refractivity contribution in [2.24, 2.45) is 0 Å². The smallest absolute Gasteiger partial charge is 0.213 e. The number of ether oxygens (including phenoxy) is 1. The normalized spacial score (nSPS) is 17.1. The Kier molecular flexibility index (Phi) is 5.20. The molecule has 1 fully saturated rings. The van der Waals surface area contributed by atoms with E-state index in [9.17, 15) is 0 Å². The van der Waals surface area contributed by atoms with Crippen LogP contribution in [0.4, 0.5) is 0 Å². The van der Waals surface area contributed by atoms with E-state index in [1.54, 1.807) is 13.3 Å². The minimum Gasteiger partial charge on any atom is -0.481 e. The van der Waals surface area contributed by atoms with Crippen LogP contribution in [0.5, 0.6) is 5.88 Å². The van der Waals surface area contributed by atoms with Crippen LogP contribution in [0.2, 0.25) is 0 Å². The topological polar surface area (TPSA) is 37.4 Å². The van der Waals surface area contributed by atoms with E-state index in [1.807, 2.05) is 12.1 Å². The van der Waals surface area contributed by atoms with Crippen LogP contribution in [-0.2, 0) is 6.54 Å². The maximum absolute atomic E-state index is 5.33. The van der Waals surface area contributed by atoms with Crippen molar-refractivity contribution >= 4 is 0 Å². The third-order valence-electron chi connectivity index (χ3n) is 3.51. The van der Waals surface area contributed by atoms with Crippen LogP contribution in [0, 0.1) is 12.3 Å². The molecule has 0 spiro atoms. The largest absolute Gasteiger partial charge is 0.481 e. The SMILES string of the molecule is C#CCN1CCC(NCc2ccnc(OC)c2)CC1. The van der Waals surface area contributed by atoms with Gasteiger partial charge < -0.3 is 10.1 Å². The van der Waals surface area contributed by atoms with E-state index < -0.39 is 0 Å². The van der Waals surface area contributed by atoms with E-state index in [0.29, 0.717) is 11.9 Å². The van der Waals surface area contributed by atoms with Crippen LogP contribution >= 0.6 is 0 Å². The molecule has 0 aromatic carbocycles. The highest BCUT2D eigenvalue weighted by Gasteiger charge is 2.17. The van der Waals surface area contributed by atoms with Crippen molar-refractivity contribution in [3.8, 4) is 18.2 Å². The first kappa shape index (κ1) is 13.9. The monoisotopic (exact) mass is 259 g/mol. The summed E-state index contributed by atoms with van der Waals surface area (Å²) in [5.74, 6) is 3.38. The highest BCUT2D eigenvalue weighted by Crippen LogP contribution is 2.12. The van der Waals surface area contributed by atoms with Crippen molar-refractivity contribution in [2.45, 2.75) is 25.4 Å². The van der Waals surface area contributed by atoms with Gasteiger partial charge in [0.2, 0.25) is 5.88 Å². The number of piperidine rings is 1. The average molecular weight is 259 g/mol. The number of likely N-dealkylation sites (tertiary alicyclic amines) is 1.